The SMILES string of the molecule is CC(C(=O)Nc1ccc(F)cc1F)n1nc(-c2ccco2)ccc1=O. The van der Waals surface area contributed by atoms with E-state index in [0.29, 0.717) is 17.5 Å². The van der Waals surface area contributed by atoms with Crippen LogP contribution in [-0.2, 0) is 4.79 Å². The highest BCUT2D eigenvalue weighted by Crippen LogP contribution is 2.18. The van der Waals surface area contributed by atoms with Gasteiger partial charge in [-0.25, -0.2) is 13.5 Å². The lowest BCUT2D eigenvalue weighted by molar-refractivity contribution is -0.119. The number of carbonyl (C=O) groups is 1. The number of hydrogen-bond acceptors (Lipinski definition) is 4. The molecule has 0 saturated heterocycles. The van der Waals surface area contributed by atoms with Gasteiger partial charge >= 0.3 is 0 Å². The van der Waals surface area contributed by atoms with Crippen LogP contribution in [0, 0.1) is 11.6 Å². The third-order valence-electron chi connectivity index (χ3n) is 3.53. The number of benzene rings is 1. The second-order valence-corrected chi connectivity index (χ2v) is 5.27. The topological polar surface area (TPSA) is 77.1 Å². The summed E-state index contributed by atoms with van der Waals surface area (Å²) in [7, 11) is 0. The van der Waals surface area contributed by atoms with Gasteiger partial charge in [-0.3, -0.25) is 9.59 Å². The minimum Gasteiger partial charge on any atom is -0.463 e. The largest absolute Gasteiger partial charge is 0.463 e. The van der Waals surface area contributed by atoms with Crippen LogP contribution in [-0.4, -0.2) is 15.7 Å². The van der Waals surface area contributed by atoms with E-state index in [9.17, 15) is 18.4 Å². The van der Waals surface area contributed by atoms with Gasteiger partial charge in [0.05, 0.1) is 12.0 Å². The maximum absolute atomic E-state index is 13.7. The summed E-state index contributed by atoms with van der Waals surface area (Å²) >= 11 is 0. The van der Waals surface area contributed by atoms with Gasteiger partial charge in [0.2, 0.25) is 5.91 Å². The number of amides is 1. The summed E-state index contributed by atoms with van der Waals surface area (Å²) in [4.78, 5) is 24.3. The van der Waals surface area contributed by atoms with Crippen molar-refractivity contribution in [2.24, 2.45) is 0 Å². The predicted molar refractivity (Wildman–Crippen MR) is 85.9 cm³/mol. The standard InChI is InChI=1S/C17H13F2N3O3/c1-10(17(24)20-13-5-4-11(18)9-12(13)19)22-16(23)7-6-14(21-22)15-3-2-8-25-15/h2-10H,1H3,(H,20,24). The molecule has 0 bridgehead atoms. The quantitative estimate of drug-likeness (QED) is 0.789. The Balaban J connectivity index is 1.87. The molecule has 0 aliphatic rings. The van der Waals surface area contributed by atoms with Crippen LogP contribution in [0.5, 0.6) is 0 Å². The Morgan fingerprint density at radius 3 is 2.72 bits per heavy atom. The molecule has 3 aromatic rings. The average molecular weight is 345 g/mol. The first kappa shape index (κ1) is 16.6. The number of hydrogen-bond donors (Lipinski definition) is 1. The van der Waals surface area contributed by atoms with Crippen LogP contribution in [0.15, 0.2) is 57.9 Å². The Kier molecular flexibility index (Phi) is 4.42. The zero-order valence-corrected chi connectivity index (χ0v) is 13.1. The van der Waals surface area contributed by atoms with Crippen LogP contribution in [0.4, 0.5) is 14.5 Å². The number of anilines is 1. The van der Waals surface area contributed by atoms with Gasteiger partial charge in [0.15, 0.2) is 5.76 Å². The summed E-state index contributed by atoms with van der Waals surface area (Å²) in [6.07, 6.45) is 1.46. The van der Waals surface area contributed by atoms with Crippen LogP contribution in [0.3, 0.4) is 0 Å². The van der Waals surface area contributed by atoms with E-state index in [0.717, 1.165) is 16.8 Å². The van der Waals surface area contributed by atoms with Gasteiger partial charge in [0, 0.05) is 12.1 Å². The molecule has 6 nitrogen and oxygen atoms in total. The zero-order chi connectivity index (χ0) is 18.0. The minimum absolute atomic E-state index is 0.187. The molecule has 1 unspecified atom stereocenters. The number of halogens is 2. The van der Waals surface area contributed by atoms with Crippen LogP contribution in [0.1, 0.15) is 13.0 Å². The molecule has 3 rings (SSSR count). The van der Waals surface area contributed by atoms with Crippen molar-refractivity contribution in [2.75, 3.05) is 5.32 Å². The van der Waals surface area contributed by atoms with E-state index in [1.807, 2.05) is 0 Å². The Morgan fingerprint density at radius 1 is 1.24 bits per heavy atom. The van der Waals surface area contributed by atoms with Crippen molar-refractivity contribution in [3.05, 3.63) is 70.7 Å². The summed E-state index contributed by atoms with van der Waals surface area (Å²) in [5.74, 6) is -1.90. The van der Waals surface area contributed by atoms with Crippen molar-refractivity contribution in [3.8, 4) is 11.5 Å². The number of nitrogens with one attached hydrogen (secondary N) is 1. The van der Waals surface area contributed by atoms with Gasteiger partial charge in [-0.15, -0.1) is 0 Å². The van der Waals surface area contributed by atoms with Gasteiger partial charge in [-0.05, 0) is 37.3 Å². The van der Waals surface area contributed by atoms with Gasteiger partial charge in [-0.1, -0.05) is 0 Å². The van der Waals surface area contributed by atoms with E-state index in [1.54, 1.807) is 12.1 Å². The first-order chi connectivity index (χ1) is 12.0. The molecule has 2 aromatic heterocycles. The number of nitrogens with zero attached hydrogens (tertiary/aromatic N) is 2. The highest BCUT2D eigenvalue weighted by Gasteiger charge is 2.20. The molecule has 1 N–H and O–H groups in total. The second-order valence-electron chi connectivity index (χ2n) is 5.27. The van der Waals surface area contributed by atoms with Crippen molar-refractivity contribution in [1.29, 1.82) is 0 Å². The first-order valence-electron chi connectivity index (χ1n) is 7.35. The molecular weight excluding hydrogens is 332 g/mol. The predicted octanol–water partition coefficient (Wildman–Crippen LogP) is 2.98. The maximum Gasteiger partial charge on any atom is 0.267 e. The number of furan rings is 1. The summed E-state index contributed by atoms with van der Waals surface area (Å²) in [6.45, 7) is 1.44. The van der Waals surface area contributed by atoms with E-state index in [4.69, 9.17) is 4.42 Å². The molecule has 1 amide bonds. The Bertz CT molecular complexity index is 968. The Hall–Kier alpha value is -3.29. The smallest absolute Gasteiger partial charge is 0.267 e. The maximum atomic E-state index is 13.7. The van der Waals surface area contributed by atoms with E-state index in [-0.39, 0.29) is 5.69 Å². The van der Waals surface area contributed by atoms with Gasteiger partial charge in [0.1, 0.15) is 23.4 Å². The average Bonchev–Trinajstić information content (AvgIpc) is 3.11. The molecule has 1 aromatic carbocycles. The monoisotopic (exact) mass is 345 g/mol. The van der Waals surface area contributed by atoms with Crippen LogP contribution >= 0.6 is 0 Å². The molecule has 128 valence electrons. The number of rotatable bonds is 4. The van der Waals surface area contributed by atoms with Crippen LogP contribution in [0.25, 0.3) is 11.5 Å². The second kappa shape index (κ2) is 6.68. The summed E-state index contributed by atoms with van der Waals surface area (Å²) in [5, 5.41) is 6.42. The van der Waals surface area contributed by atoms with E-state index in [2.05, 4.69) is 10.4 Å². The molecule has 0 aliphatic heterocycles. The van der Waals surface area contributed by atoms with Crippen LogP contribution in [0.2, 0.25) is 0 Å². The number of aromatic nitrogens is 2. The Morgan fingerprint density at radius 2 is 2.04 bits per heavy atom. The molecule has 25 heavy (non-hydrogen) atoms. The lowest BCUT2D eigenvalue weighted by Crippen LogP contribution is -2.33. The fourth-order valence-electron chi connectivity index (χ4n) is 2.20. The van der Waals surface area contributed by atoms with E-state index in [1.165, 1.54) is 25.3 Å². The van der Waals surface area contributed by atoms with Gasteiger partial charge in [0.25, 0.3) is 5.56 Å². The number of carbonyl (C=O) groups excluding carboxylic acids is 1. The highest BCUT2D eigenvalue weighted by atomic mass is 19.1. The van der Waals surface area contributed by atoms with E-state index < -0.39 is 29.1 Å². The zero-order valence-electron chi connectivity index (χ0n) is 13.1. The van der Waals surface area contributed by atoms with Gasteiger partial charge < -0.3 is 9.73 Å². The molecule has 0 radical (unpaired) electrons. The summed E-state index contributed by atoms with van der Waals surface area (Å²) in [5.41, 5.74) is -0.316. The Labute approximate surface area is 140 Å². The fourth-order valence-corrected chi connectivity index (χ4v) is 2.20. The van der Waals surface area contributed by atoms with Crippen molar-refractivity contribution in [2.45, 2.75) is 13.0 Å². The van der Waals surface area contributed by atoms with Crippen LogP contribution < -0.4 is 10.9 Å². The molecule has 0 spiro atoms. The molecule has 1 atom stereocenters. The lowest BCUT2D eigenvalue weighted by Gasteiger charge is -2.15. The highest BCUT2D eigenvalue weighted by molar-refractivity contribution is 5.93. The third-order valence-corrected chi connectivity index (χ3v) is 3.53. The summed E-state index contributed by atoms with van der Waals surface area (Å²) < 4.78 is 32.8. The van der Waals surface area contributed by atoms with Crippen molar-refractivity contribution >= 4 is 11.6 Å². The molecule has 8 heteroatoms. The van der Waals surface area contributed by atoms with Crippen molar-refractivity contribution in [3.63, 3.8) is 0 Å². The fraction of sp³-hybridized carbons (Fsp3) is 0.118. The third kappa shape index (κ3) is 3.47. The van der Waals surface area contributed by atoms with Crippen molar-refractivity contribution in [1.82, 2.24) is 9.78 Å². The molecular formula is C17H13F2N3O3. The molecule has 0 fully saturated rings. The van der Waals surface area contributed by atoms with E-state index >= 15 is 0 Å². The molecule has 2 heterocycles. The first-order valence-corrected chi connectivity index (χ1v) is 7.35. The minimum atomic E-state index is -1.02. The molecule has 0 aliphatic carbocycles. The normalized spacial score (nSPS) is 12.0. The molecule has 0 saturated carbocycles. The van der Waals surface area contributed by atoms with Gasteiger partial charge in [-0.2, -0.15) is 5.10 Å². The van der Waals surface area contributed by atoms with Crippen molar-refractivity contribution < 1.29 is 18.0 Å². The summed E-state index contributed by atoms with van der Waals surface area (Å²) in [6, 6.07) is 7.81. The lowest BCUT2D eigenvalue weighted by atomic mass is 10.2.